The first-order chi connectivity index (χ1) is 16.1. The van der Waals surface area contributed by atoms with Gasteiger partial charge in [-0.1, -0.05) is 0 Å². The molecule has 2 aliphatic rings. The Morgan fingerprint density at radius 2 is 1.74 bits per heavy atom. The highest BCUT2D eigenvalue weighted by Crippen LogP contribution is 2.34. The second kappa shape index (κ2) is 9.40. The number of sulfonamides is 1. The van der Waals surface area contributed by atoms with Crippen molar-refractivity contribution in [3.05, 3.63) is 52.2 Å². The molecular formula is C23H26N4O5S2. The van der Waals surface area contributed by atoms with Gasteiger partial charge in [0, 0.05) is 30.2 Å². The molecule has 2 N–H and O–H groups in total. The van der Waals surface area contributed by atoms with Crippen LogP contribution in [0.5, 0.6) is 0 Å². The van der Waals surface area contributed by atoms with E-state index < -0.39 is 21.2 Å². The lowest BCUT2D eigenvalue weighted by atomic mass is 10.1. The number of hydrogen-bond donors (Lipinski definition) is 1. The van der Waals surface area contributed by atoms with E-state index in [9.17, 15) is 22.8 Å². The number of carbonyl (C=O) groups is 3. The Hall–Kier alpha value is -2.89. The van der Waals surface area contributed by atoms with Crippen LogP contribution in [0.25, 0.3) is 11.8 Å². The van der Waals surface area contributed by atoms with Crippen molar-refractivity contribution in [3.8, 4) is 5.69 Å². The van der Waals surface area contributed by atoms with Gasteiger partial charge in [0.05, 0.1) is 9.80 Å². The first-order valence-corrected chi connectivity index (χ1v) is 13.3. The number of aryl methyl sites for hydroxylation is 1. The lowest BCUT2D eigenvalue weighted by Crippen LogP contribution is -2.44. The fourth-order valence-electron chi connectivity index (χ4n) is 4.27. The number of nitrogens with zero attached hydrogens (tertiary/aromatic N) is 3. The van der Waals surface area contributed by atoms with E-state index in [1.807, 2.05) is 24.5 Å². The van der Waals surface area contributed by atoms with Crippen LogP contribution in [0.4, 0.5) is 4.79 Å². The Morgan fingerprint density at radius 1 is 1.09 bits per heavy atom. The molecule has 3 amide bonds. The molecule has 2 aromatic rings. The Morgan fingerprint density at radius 3 is 2.35 bits per heavy atom. The van der Waals surface area contributed by atoms with Gasteiger partial charge in [-0.3, -0.25) is 19.3 Å². The number of rotatable bonds is 5. The van der Waals surface area contributed by atoms with E-state index >= 15 is 0 Å². The summed E-state index contributed by atoms with van der Waals surface area (Å²) in [5, 5.41) is 4.73. The highest BCUT2D eigenvalue weighted by Gasteiger charge is 2.37. The normalized spacial score (nSPS) is 18.3. The third kappa shape index (κ3) is 4.82. The second-order valence-corrected chi connectivity index (χ2v) is 11.0. The van der Waals surface area contributed by atoms with Crippen molar-refractivity contribution in [2.45, 2.75) is 38.0 Å². The van der Waals surface area contributed by atoms with Crippen LogP contribution in [0, 0.1) is 13.8 Å². The van der Waals surface area contributed by atoms with Gasteiger partial charge in [-0.15, -0.1) is 0 Å². The van der Waals surface area contributed by atoms with E-state index in [-0.39, 0.29) is 22.3 Å². The number of imide groups is 1. The molecular weight excluding hydrogens is 476 g/mol. The van der Waals surface area contributed by atoms with Crippen molar-refractivity contribution in [3.63, 3.8) is 0 Å². The molecule has 11 heteroatoms. The topological polar surface area (TPSA) is 123 Å². The molecule has 0 radical (unpaired) electrons. The van der Waals surface area contributed by atoms with Gasteiger partial charge in [0.1, 0.15) is 6.54 Å². The molecule has 1 aromatic carbocycles. The van der Waals surface area contributed by atoms with Crippen molar-refractivity contribution < 1.29 is 22.8 Å². The van der Waals surface area contributed by atoms with Crippen molar-refractivity contribution in [2.75, 3.05) is 19.6 Å². The second-order valence-electron chi connectivity index (χ2n) is 8.41. The maximum absolute atomic E-state index is 12.9. The van der Waals surface area contributed by atoms with E-state index in [2.05, 4.69) is 0 Å². The number of piperidine rings is 1. The molecule has 0 aliphatic carbocycles. The lowest BCUT2D eigenvalue weighted by molar-refractivity contribution is -0.136. The summed E-state index contributed by atoms with van der Waals surface area (Å²) in [5.74, 6) is -0.674. The van der Waals surface area contributed by atoms with E-state index in [1.165, 1.54) is 12.1 Å². The molecule has 0 bridgehead atoms. The fraction of sp³-hybridized carbons (Fsp3) is 0.348. The first-order valence-electron chi connectivity index (χ1n) is 10.9. The minimum Gasteiger partial charge on any atom is -0.341 e. The van der Waals surface area contributed by atoms with Gasteiger partial charge < -0.3 is 9.47 Å². The molecule has 4 rings (SSSR count). The van der Waals surface area contributed by atoms with Gasteiger partial charge in [0.15, 0.2) is 0 Å². The standard InChI is InChI=1S/C23H26N4O5S2/c1-15-12-17(16(2)27(15)18-6-8-19(9-7-18)34(24,31)32)13-20-22(29)26(23(30)33-20)14-21(28)25-10-4-3-5-11-25/h6-9,12-13H,3-5,10-11,14H2,1-2H3,(H2,24,31,32)/b20-13-. The highest BCUT2D eigenvalue weighted by atomic mass is 32.2. The Bertz CT molecular complexity index is 1290. The molecule has 2 fully saturated rings. The Balaban J connectivity index is 1.56. The van der Waals surface area contributed by atoms with Gasteiger partial charge in [0.25, 0.3) is 11.1 Å². The predicted octanol–water partition coefficient (Wildman–Crippen LogP) is 2.79. The predicted molar refractivity (Wildman–Crippen MR) is 130 cm³/mol. The molecule has 0 saturated carbocycles. The number of carbonyl (C=O) groups excluding carboxylic acids is 3. The van der Waals surface area contributed by atoms with Crippen LogP contribution in [0.15, 0.2) is 40.1 Å². The van der Waals surface area contributed by atoms with Gasteiger partial charge in [-0.2, -0.15) is 0 Å². The van der Waals surface area contributed by atoms with Gasteiger partial charge in [0.2, 0.25) is 15.9 Å². The third-order valence-electron chi connectivity index (χ3n) is 6.06. The minimum atomic E-state index is -3.79. The summed E-state index contributed by atoms with van der Waals surface area (Å²) in [5.41, 5.74) is 3.17. The fourth-order valence-corrected chi connectivity index (χ4v) is 5.62. The minimum absolute atomic E-state index is 0.0201. The van der Waals surface area contributed by atoms with Crippen molar-refractivity contribution in [1.29, 1.82) is 0 Å². The molecule has 180 valence electrons. The summed E-state index contributed by atoms with van der Waals surface area (Å²) < 4.78 is 25.0. The van der Waals surface area contributed by atoms with E-state index in [0.29, 0.717) is 13.1 Å². The van der Waals surface area contributed by atoms with Crippen LogP contribution in [0.3, 0.4) is 0 Å². The van der Waals surface area contributed by atoms with Crippen LogP contribution in [0.2, 0.25) is 0 Å². The molecule has 0 spiro atoms. The average molecular weight is 503 g/mol. The number of thioether (sulfide) groups is 1. The maximum atomic E-state index is 12.9. The highest BCUT2D eigenvalue weighted by molar-refractivity contribution is 8.18. The Labute approximate surface area is 202 Å². The zero-order chi connectivity index (χ0) is 24.6. The molecule has 0 atom stereocenters. The quantitative estimate of drug-likeness (QED) is 0.627. The molecule has 2 aliphatic heterocycles. The Kier molecular flexibility index (Phi) is 6.70. The number of nitrogens with two attached hydrogens (primary N) is 1. The molecule has 0 unspecified atom stereocenters. The molecule has 34 heavy (non-hydrogen) atoms. The first kappa shape index (κ1) is 24.2. The number of benzene rings is 1. The number of primary sulfonamides is 1. The molecule has 2 saturated heterocycles. The van der Waals surface area contributed by atoms with E-state index in [4.69, 9.17) is 5.14 Å². The van der Waals surface area contributed by atoms with E-state index in [1.54, 1.807) is 23.1 Å². The van der Waals surface area contributed by atoms with Gasteiger partial charge in [-0.25, -0.2) is 13.6 Å². The van der Waals surface area contributed by atoms with Crippen LogP contribution in [0.1, 0.15) is 36.2 Å². The van der Waals surface area contributed by atoms with Crippen molar-refractivity contribution >= 4 is 44.9 Å². The number of hydrogen-bond acceptors (Lipinski definition) is 6. The summed E-state index contributed by atoms with van der Waals surface area (Å²) >= 11 is 0.828. The lowest BCUT2D eigenvalue weighted by Gasteiger charge is -2.27. The zero-order valence-corrected chi connectivity index (χ0v) is 20.6. The number of likely N-dealkylation sites (tertiary alicyclic amines) is 1. The number of aromatic nitrogens is 1. The molecule has 9 nitrogen and oxygen atoms in total. The average Bonchev–Trinajstić information content (AvgIpc) is 3.23. The molecule has 1 aromatic heterocycles. The summed E-state index contributed by atoms with van der Waals surface area (Å²) in [7, 11) is -3.79. The van der Waals surface area contributed by atoms with E-state index in [0.717, 1.165) is 58.6 Å². The largest absolute Gasteiger partial charge is 0.341 e. The zero-order valence-electron chi connectivity index (χ0n) is 19.0. The third-order valence-corrected chi connectivity index (χ3v) is 7.89. The SMILES string of the molecule is Cc1cc(/C=C2\SC(=O)N(CC(=O)N3CCCCC3)C2=O)c(C)n1-c1ccc(S(N)(=O)=O)cc1. The van der Waals surface area contributed by atoms with Gasteiger partial charge >= 0.3 is 0 Å². The smallest absolute Gasteiger partial charge is 0.294 e. The monoisotopic (exact) mass is 502 g/mol. The summed E-state index contributed by atoms with van der Waals surface area (Å²) in [6.45, 7) is 4.85. The summed E-state index contributed by atoms with van der Waals surface area (Å²) in [6.07, 6.45) is 4.62. The van der Waals surface area contributed by atoms with Gasteiger partial charge in [-0.05, 0) is 86.8 Å². The van der Waals surface area contributed by atoms with Crippen LogP contribution in [-0.4, -0.2) is 59.5 Å². The summed E-state index contributed by atoms with van der Waals surface area (Å²) in [4.78, 5) is 41.0. The van der Waals surface area contributed by atoms with Crippen LogP contribution < -0.4 is 5.14 Å². The summed E-state index contributed by atoms with van der Waals surface area (Å²) in [6, 6.07) is 8.07. The van der Waals surface area contributed by atoms with Crippen molar-refractivity contribution in [1.82, 2.24) is 14.4 Å². The van der Waals surface area contributed by atoms with Crippen LogP contribution >= 0.6 is 11.8 Å². The molecule has 3 heterocycles. The van der Waals surface area contributed by atoms with Crippen molar-refractivity contribution in [2.24, 2.45) is 5.14 Å². The van der Waals surface area contributed by atoms with Crippen LogP contribution in [-0.2, 0) is 19.6 Å². The number of amides is 3. The maximum Gasteiger partial charge on any atom is 0.294 e.